The Labute approximate surface area is 194 Å². The number of alkyl halides is 3. The van der Waals surface area contributed by atoms with Gasteiger partial charge in [-0.05, 0) is 44.0 Å². The molecule has 2 N–H and O–H groups in total. The number of nitrogens with zero attached hydrogens (tertiary/aromatic N) is 5. The molecule has 1 aliphatic heterocycles. The Morgan fingerprint density at radius 3 is 2.62 bits per heavy atom. The fraction of sp³-hybridized carbons (Fsp3) is 0.375. The minimum absolute atomic E-state index is 0.0365. The maximum atomic E-state index is 14.1. The molecule has 0 radical (unpaired) electrons. The van der Waals surface area contributed by atoms with Crippen molar-refractivity contribution in [3.63, 3.8) is 0 Å². The van der Waals surface area contributed by atoms with Crippen LogP contribution >= 0.6 is 0 Å². The first-order valence-electron chi connectivity index (χ1n) is 11.2. The van der Waals surface area contributed by atoms with Gasteiger partial charge in [0.15, 0.2) is 11.5 Å². The number of fused-ring (bicyclic) bond motifs is 2. The van der Waals surface area contributed by atoms with Gasteiger partial charge in [-0.1, -0.05) is 24.3 Å². The molecule has 7 nitrogen and oxygen atoms in total. The third-order valence-electron chi connectivity index (χ3n) is 5.95. The number of rotatable bonds is 5. The Morgan fingerprint density at radius 2 is 1.91 bits per heavy atom. The summed E-state index contributed by atoms with van der Waals surface area (Å²) in [5, 5.41) is 9.26. The van der Waals surface area contributed by atoms with Crippen LogP contribution < -0.4 is 10.5 Å². The normalized spacial score (nSPS) is 18.3. The van der Waals surface area contributed by atoms with Crippen molar-refractivity contribution < 1.29 is 17.9 Å². The molecule has 3 aromatic heterocycles. The van der Waals surface area contributed by atoms with Crippen molar-refractivity contribution in [1.82, 2.24) is 24.5 Å². The van der Waals surface area contributed by atoms with Crippen LogP contribution in [0.25, 0.3) is 28.1 Å². The molecular formula is C24H25F3N6O. The molecule has 1 fully saturated rings. The molecule has 10 heteroatoms. The third-order valence-corrected chi connectivity index (χ3v) is 5.95. The van der Waals surface area contributed by atoms with Gasteiger partial charge in [0.1, 0.15) is 23.0 Å². The monoisotopic (exact) mass is 470 g/mol. The van der Waals surface area contributed by atoms with E-state index in [0.717, 1.165) is 5.39 Å². The van der Waals surface area contributed by atoms with Crippen molar-refractivity contribution in [2.24, 2.45) is 5.73 Å². The van der Waals surface area contributed by atoms with Gasteiger partial charge in [0.25, 0.3) is 0 Å². The van der Waals surface area contributed by atoms with E-state index in [1.165, 1.54) is 17.2 Å². The topological polar surface area (TPSA) is 81.6 Å². The Hall–Kier alpha value is -3.24. The van der Waals surface area contributed by atoms with Crippen LogP contribution in [-0.2, 0) is 0 Å². The zero-order chi connectivity index (χ0) is 24.0. The summed E-state index contributed by atoms with van der Waals surface area (Å²) in [6.07, 6.45) is -2.50. The van der Waals surface area contributed by atoms with Crippen molar-refractivity contribution in [1.29, 1.82) is 0 Å². The van der Waals surface area contributed by atoms with Crippen LogP contribution in [0.5, 0.6) is 5.75 Å². The molecule has 1 saturated heterocycles. The number of ether oxygens (including phenoxy) is 1. The standard InChI is InChI=1S/C24H25F3N6O/c1-14(2)34-19-5-3-4-15-6-8-18(29-21(15)19)23-31-30-20-9-7-16(12-33(20)23)22(24(25,26)27)32-11-10-17(28)13-32/h3-9,12,14,17,22H,10-11,13,28H2,1-2H3/t17-,22+/m0/s1. The highest BCUT2D eigenvalue weighted by Crippen LogP contribution is 2.39. The second-order valence-corrected chi connectivity index (χ2v) is 8.89. The van der Waals surface area contributed by atoms with Crippen LogP contribution in [0, 0.1) is 0 Å². The number of hydrogen-bond donors (Lipinski definition) is 1. The summed E-state index contributed by atoms with van der Waals surface area (Å²) in [6.45, 7) is 4.35. The van der Waals surface area contributed by atoms with Gasteiger partial charge in [-0.25, -0.2) is 4.98 Å². The largest absolute Gasteiger partial charge is 0.489 e. The summed E-state index contributed by atoms with van der Waals surface area (Å²) in [7, 11) is 0. The number of aromatic nitrogens is 4. The number of nitrogens with two attached hydrogens (primary N) is 1. The molecule has 5 rings (SSSR count). The Balaban J connectivity index is 1.60. The number of likely N-dealkylation sites (tertiary alicyclic amines) is 1. The molecule has 0 bridgehead atoms. The molecule has 0 aliphatic carbocycles. The molecular weight excluding hydrogens is 445 g/mol. The Kier molecular flexibility index (Phi) is 5.65. The minimum atomic E-state index is -4.45. The summed E-state index contributed by atoms with van der Waals surface area (Å²) in [5.74, 6) is 0.989. The van der Waals surface area contributed by atoms with E-state index in [4.69, 9.17) is 15.5 Å². The van der Waals surface area contributed by atoms with E-state index < -0.39 is 12.2 Å². The lowest BCUT2D eigenvalue weighted by molar-refractivity contribution is -0.183. The Morgan fingerprint density at radius 1 is 1.09 bits per heavy atom. The molecule has 1 aromatic carbocycles. The first kappa shape index (κ1) is 22.5. The van der Waals surface area contributed by atoms with Gasteiger partial charge in [-0.15, -0.1) is 10.2 Å². The van der Waals surface area contributed by atoms with E-state index >= 15 is 0 Å². The first-order chi connectivity index (χ1) is 16.2. The lowest BCUT2D eigenvalue weighted by Gasteiger charge is -2.30. The van der Waals surface area contributed by atoms with Crippen molar-refractivity contribution in [2.45, 2.75) is 44.6 Å². The van der Waals surface area contributed by atoms with Gasteiger partial charge in [0, 0.05) is 30.7 Å². The van der Waals surface area contributed by atoms with Crippen molar-refractivity contribution in [2.75, 3.05) is 13.1 Å². The highest BCUT2D eigenvalue weighted by Gasteiger charge is 2.46. The molecule has 2 atom stereocenters. The number of benzene rings is 1. The maximum Gasteiger partial charge on any atom is 0.408 e. The minimum Gasteiger partial charge on any atom is -0.489 e. The van der Waals surface area contributed by atoms with E-state index in [1.807, 2.05) is 38.1 Å². The van der Waals surface area contributed by atoms with Crippen LogP contribution in [-0.4, -0.2) is 55.9 Å². The van der Waals surface area contributed by atoms with Crippen LogP contribution in [0.15, 0.2) is 48.7 Å². The predicted molar refractivity (Wildman–Crippen MR) is 122 cm³/mol. The van der Waals surface area contributed by atoms with Crippen molar-refractivity contribution in [3.05, 3.63) is 54.2 Å². The quantitative estimate of drug-likeness (QED) is 0.467. The van der Waals surface area contributed by atoms with Gasteiger partial charge in [-0.3, -0.25) is 9.30 Å². The van der Waals surface area contributed by atoms with Gasteiger partial charge in [0.05, 0.1) is 6.10 Å². The summed E-state index contributed by atoms with van der Waals surface area (Å²) in [5.41, 5.74) is 7.58. The zero-order valence-corrected chi connectivity index (χ0v) is 18.8. The zero-order valence-electron chi connectivity index (χ0n) is 18.8. The average molecular weight is 470 g/mol. The molecule has 4 aromatic rings. The predicted octanol–water partition coefficient (Wildman–Crippen LogP) is 4.37. The van der Waals surface area contributed by atoms with Crippen molar-refractivity contribution in [3.8, 4) is 17.3 Å². The van der Waals surface area contributed by atoms with E-state index in [-0.39, 0.29) is 24.3 Å². The van der Waals surface area contributed by atoms with Crippen LogP contribution in [0.2, 0.25) is 0 Å². The summed E-state index contributed by atoms with van der Waals surface area (Å²) in [4.78, 5) is 6.12. The fourth-order valence-electron chi connectivity index (χ4n) is 4.49. The molecule has 0 spiro atoms. The lowest BCUT2D eigenvalue weighted by Crippen LogP contribution is -2.38. The molecule has 0 amide bonds. The SMILES string of the molecule is CC(C)Oc1cccc2ccc(-c3nnc4ccc([C@@H](N5CC[C@H](N)C5)C(F)(F)F)cn34)nc12. The van der Waals surface area contributed by atoms with Gasteiger partial charge in [0.2, 0.25) is 0 Å². The van der Waals surface area contributed by atoms with E-state index in [1.54, 1.807) is 16.5 Å². The maximum absolute atomic E-state index is 14.1. The number of pyridine rings is 2. The summed E-state index contributed by atoms with van der Waals surface area (Å²) in [6, 6.07) is 10.3. The second-order valence-electron chi connectivity index (χ2n) is 8.89. The molecule has 1 aliphatic rings. The molecule has 0 saturated carbocycles. The second kappa shape index (κ2) is 8.52. The number of para-hydroxylation sites is 1. The van der Waals surface area contributed by atoms with Crippen LogP contribution in [0.1, 0.15) is 31.9 Å². The molecule has 178 valence electrons. The first-order valence-corrected chi connectivity index (χ1v) is 11.2. The molecule has 0 unspecified atom stereocenters. The van der Waals surface area contributed by atoms with E-state index in [9.17, 15) is 13.2 Å². The fourth-order valence-corrected chi connectivity index (χ4v) is 4.49. The summed E-state index contributed by atoms with van der Waals surface area (Å²) < 4.78 is 49.8. The molecule has 4 heterocycles. The van der Waals surface area contributed by atoms with E-state index in [2.05, 4.69) is 10.2 Å². The van der Waals surface area contributed by atoms with Crippen LogP contribution in [0.3, 0.4) is 0 Å². The average Bonchev–Trinajstić information content (AvgIpc) is 3.38. The Bertz CT molecular complexity index is 1340. The molecule has 34 heavy (non-hydrogen) atoms. The van der Waals surface area contributed by atoms with Crippen LogP contribution in [0.4, 0.5) is 13.2 Å². The van der Waals surface area contributed by atoms with Gasteiger partial charge >= 0.3 is 6.18 Å². The number of halogens is 3. The number of hydrogen-bond acceptors (Lipinski definition) is 6. The summed E-state index contributed by atoms with van der Waals surface area (Å²) >= 11 is 0. The highest BCUT2D eigenvalue weighted by atomic mass is 19.4. The van der Waals surface area contributed by atoms with Gasteiger partial charge < -0.3 is 10.5 Å². The van der Waals surface area contributed by atoms with Gasteiger partial charge in [-0.2, -0.15) is 13.2 Å². The lowest BCUT2D eigenvalue weighted by atomic mass is 10.1. The van der Waals surface area contributed by atoms with E-state index in [0.29, 0.717) is 41.4 Å². The smallest absolute Gasteiger partial charge is 0.408 e. The highest BCUT2D eigenvalue weighted by molar-refractivity contribution is 5.86. The van der Waals surface area contributed by atoms with Crippen molar-refractivity contribution >= 4 is 16.6 Å². The third kappa shape index (κ3) is 4.19.